The fourth-order valence-corrected chi connectivity index (χ4v) is 4.05. The molecule has 7 N–H and O–H groups in total. The molecular weight excluding hydrogens is 582 g/mol. The molecule has 0 aliphatic carbocycles. The Labute approximate surface area is 258 Å². The Bertz CT molecular complexity index is 1560. The molecule has 14 heteroatoms. The molecule has 0 aliphatic heterocycles. The molecule has 0 aliphatic rings. The Morgan fingerprint density at radius 1 is 0.822 bits per heavy atom. The zero-order chi connectivity index (χ0) is 32.6. The summed E-state index contributed by atoms with van der Waals surface area (Å²) in [5.74, 6) is -1.82. The summed E-state index contributed by atoms with van der Waals surface area (Å²) in [5, 5.41) is 17.0. The van der Waals surface area contributed by atoms with Crippen molar-refractivity contribution in [3.63, 3.8) is 0 Å². The number of fused-ring (bicyclic) bond motifs is 1. The molecule has 1 atom stereocenters. The van der Waals surface area contributed by atoms with Crippen LogP contribution in [-0.4, -0.2) is 79.3 Å². The van der Waals surface area contributed by atoms with Gasteiger partial charge in [-0.2, -0.15) is 0 Å². The van der Waals surface area contributed by atoms with Crippen LogP contribution in [0.25, 0.3) is 10.9 Å². The molecule has 1 aromatic heterocycles. The topological polar surface area (TPSA) is 207 Å². The Morgan fingerprint density at radius 2 is 1.58 bits per heavy atom. The largest absolute Gasteiger partial charge is 0.355 e. The van der Waals surface area contributed by atoms with Crippen LogP contribution in [-0.2, 0) is 24.0 Å². The molecule has 236 valence electrons. The van der Waals surface area contributed by atoms with Crippen molar-refractivity contribution in [3.8, 4) is 0 Å². The van der Waals surface area contributed by atoms with Gasteiger partial charge in [-0.1, -0.05) is 0 Å². The molecule has 0 bridgehead atoms. The van der Waals surface area contributed by atoms with E-state index in [1.165, 1.54) is 0 Å². The number of allylic oxidation sites excluding steroid dienone is 1. The first-order valence-corrected chi connectivity index (χ1v) is 14.1. The van der Waals surface area contributed by atoms with Crippen molar-refractivity contribution in [2.45, 2.75) is 25.8 Å². The highest BCUT2D eigenvalue weighted by atomic mass is 16.2. The molecular formula is C31H35N7O7. The van der Waals surface area contributed by atoms with Gasteiger partial charge in [0.15, 0.2) is 6.29 Å². The molecule has 0 spiro atoms. The fourth-order valence-electron chi connectivity index (χ4n) is 4.05. The van der Waals surface area contributed by atoms with Crippen molar-refractivity contribution < 1.29 is 33.6 Å². The summed E-state index contributed by atoms with van der Waals surface area (Å²) in [6.07, 6.45) is 4.03. The van der Waals surface area contributed by atoms with Crippen LogP contribution in [0.4, 0.5) is 11.4 Å². The second-order valence-electron chi connectivity index (χ2n) is 9.86. The fraction of sp³-hybridized carbons (Fsp3) is 0.258. The minimum atomic E-state index is -0.618. The molecule has 3 aromatic rings. The van der Waals surface area contributed by atoms with Gasteiger partial charge in [0.1, 0.15) is 6.29 Å². The number of hydrogen-bond donors (Lipinski definition) is 7. The van der Waals surface area contributed by atoms with Gasteiger partial charge in [-0.05, 0) is 68.0 Å². The first-order chi connectivity index (χ1) is 21.7. The number of carbonyl (C=O) groups is 7. The lowest BCUT2D eigenvalue weighted by atomic mass is 10.1. The molecule has 14 nitrogen and oxygen atoms in total. The third-order valence-electron chi connectivity index (χ3n) is 6.38. The van der Waals surface area contributed by atoms with Crippen molar-refractivity contribution in [1.82, 2.24) is 26.3 Å². The van der Waals surface area contributed by atoms with Crippen molar-refractivity contribution in [2.24, 2.45) is 0 Å². The van der Waals surface area contributed by atoms with E-state index in [1.54, 1.807) is 55.5 Å². The lowest BCUT2D eigenvalue weighted by Crippen LogP contribution is -2.46. The van der Waals surface area contributed by atoms with E-state index in [4.69, 9.17) is 0 Å². The third-order valence-corrected chi connectivity index (χ3v) is 6.38. The molecule has 0 fully saturated rings. The average Bonchev–Trinajstić information content (AvgIpc) is 3.46. The van der Waals surface area contributed by atoms with Crippen LogP contribution < -0.4 is 31.9 Å². The third kappa shape index (κ3) is 11.5. The SMILES string of the molecule is C[C@H](NCCNC(=O)CCCNC(=O)/C=C\C=O)C(=O)NCC(=O)Nc1ccc(C(=O)Nc2ccc3[nH]c(C=O)cc3c2)cc1. The number of nitrogens with one attached hydrogen (secondary N) is 7. The first-order valence-electron chi connectivity index (χ1n) is 14.1. The van der Waals surface area contributed by atoms with Crippen molar-refractivity contribution >= 4 is 64.4 Å². The van der Waals surface area contributed by atoms with Crippen LogP contribution in [0.15, 0.2) is 60.7 Å². The van der Waals surface area contributed by atoms with Crippen LogP contribution >= 0.6 is 0 Å². The Hall–Kier alpha value is -5.63. The predicted octanol–water partition coefficient (Wildman–Crippen LogP) is 1.03. The number of carbonyl (C=O) groups excluding carboxylic acids is 7. The summed E-state index contributed by atoms with van der Waals surface area (Å²) in [6.45, 7) is 2.25. The van der Waals surface area contributed by atoms with Crippen LogP contribution in [0, 0.1) is 0 Å². The van der Waals surface area contributed by atoms with E-state index in [9.17, 15) is 33.6 Å². The van der Waals surface area contributed by atoms with Gasteiger partial charge < -0.3 is 36.9 Å². The van der Waals surface area contributed by atoms with E-state index in [-0.39, 0.29) is 31.3 Å². The molecule has 5 amide bonds. The van der Waals surface area contributed by atoms with Crippen LogP contribution in [0.3, 0.4) is 0 Å². The maximum absolute atomic E-state index is 12.7. The number of benzene rings is 2. The maximum atomic E-state index is 12.7. The number of hydrogen-bond acceptors (Lipinski definition) is 8. The van der Waals surface area contributed by atoms with Gasteiger partial charge >= 0.3 is 0 Å². The lowest BCUT2D eigenvalue weighted by Gasteiger charge is -2.14. The Morgan fingerprint density at radius 3 is 2.31 bits per heavy atom. The zero-order valence-corrected chi connectivity index (χ0v) is 24.6. The van der Waals surface area contributed by atoms with Crippen LogP contribution in [0.1, 0.15) is 40.6 Å². The van der Waals surface area contributed by atoms with Gasteiger partial charge in [-0.3, -0.25) is 33.6 Å². The molecule has 3 rings (SSSR count). The lowest BCUT2D eigenvalue weighted by molar-refractivity contribution is -0.125. The monoisotopic (exact) mass is 617 g/mol. The van der Waals surface area contributed by atoms with Gasteiger partial charge in [0, 0.05) is 60.0 Å². The number of H-pyrrole nitrogens is 1. The number of aldehydes is 2. The standard InChI is InChI=1S/C31H35N7O7/c1-20(32-13-14-34-27(41)4-2-12-33-28(42)5-3-15-39)30(44)35-18-29(43)37-23-8-6-21(7-9-23)31(45)38-24-10-11-26-22(16-24)17-25(19-40)36-26/h3,5-11,15-17,19-20,32,36H,2,4,12-14,18H2,1H3,(H,33,42)(H,34,41)(H,35,44)(H,37,43)(H,38,45)/b5-3-/t20-/m0/s1. The highest BCUT2D eigenvalue weighted by molar-refractivity contribution is 6.06. The molecule has 0 saturated heterocycles. The Balaban J connectivity index is 1.30. The second kappa shape index (κ2) is 17.5. The minimum Gasteiger partial charge on any atom is -0.355 e. The zero-order valence-electron chi connectivity index (χ0n) is 24.6. The van der Waals surface area contributed by atoms with E-state index < -0.39 is 23.8 Å². The molecule has 2 aromatic carbocycles. The maximum Gasteiger partial charge on any atom is 0.255 e. The number of aromatic nitrogens is 1. The van der Waals surface area contributed by atoms with Gasteiger partial charge in [0.25, 0.3) is 5.91 Å². The van der Waals surface area contributed by atoms with E-state index in [0.717, 1.165) is 23.1 Å². The van der Waals surface area contributed by atoms with Gasteiger partial charge in [-0.15, -0.1) is 0 Å². The number of aromatic amines is 1. The Kier molecular flexibility index (Phi) is 13.2. The highest BCUT2D eigenvalue weighted by Crippen LogP contribution is 2.20. The average molecular weight is 618 g/mol. The molecule has 45 heavy (non-hydrogen) atoms. The van der Waals surface area contributed by atoms with Gasteiger partial charge in [0.2, 0.25) is 23.6 Å². The molecule has 0 saturated carbocycles. The van der Waals surface area contributed by atoms with E-state index >= 15 is 0 Å². The first kappa shape index (κ1) is 33.9. The normalized spacial score (nSPS) is 11.4. The van der Waals surface area contributed by atoms with E-state index in [2.05, 4.69) is 36.9 Å². The second-order valence-corrected chi connectivity index (χ2v) is 9.86. The summed E-state index contributed by atoms with van der Waals surface area (Å²) in [6, 6.07) is 12.6. The smallest absolute Gasteiger partial charge is 0.255 e. The molecule has 0 unspecified atom stereocenters. The van der Waals surface area contributed by atoms with Crippen LogP contribution in [0.2, 0.25) is 0 Å². The number of anilines is 2. The highest BCUT2D eigenvalue weighted by Gasteiger charge is 2.14. The van der Waals surface area contributed by atoms with E-state index in [1.807, 2.05) is 0 Å². The quantitative estimate of drug-likeness (QED) is 0.0660. The van der Waals surface area contributed by atoms with Crippen LogP contribution in [0.5, 0.6) is 0 Å². The minimum absolute atomic E-state index is 0.203. The summed E-state index contributed by atoms with van der Waals surface area (Å²) in [7, 11) is 0. The number of amides is 5. The van der Waals surface area contributed by atoms with Crippen molar-refractivity contribution in [1.29, 1.82) is 0 Å². The number of rotatable bonds is 17. The molecule has 1 heterocycles. The predicted molar refractivity (Wildman–Crippen MR) is 168 cm³/mol. The van der Waals surface area contributed by atoms with E-state index in [0.29, 0.717) is 54.7 Å². The summed E-state index contributed by atoms with van der Waals surface area (Å²) < 4.78 is 0. The van der Waals surface area contributed by atoms with Gasteiger partial charge in [-0.25, -0.2) is 0 Å². The summed E-state index contributed by atoms with van der Waals surface area (Å²) in [4.78, 5) is 84.6. The van der Waals surface area contributed by atoms with Crippen molar-refractivity contribution in [3.05, 3.63) is 71.9 Å². The molecule has 0 radical (unpaired) electrons. The van der Waals surface area contributed by atoms with Crippen molar-refractivity contribution in [2.75, 3.05) is 36.8 Å². The summed E-state index contributed by atoms with van der Waals surface area (Å²) >= 11 is 0. The summed E-state index contributed by atoms with van der Waals surface area (Å²) in [5.41, 5.74) is 2.59. The van der Waals surface area contributed by atoms with Gasteiger partial charge in [0.05, 0.1) is 18.3 Å².